The van der Waals surface area contributed by atoms with Crippen LogP contribution in [0.2, 0.25) is 0 Å². The minimum atomic E-state index is -1.00. The molecule has 1 radical (unpaired) electrons. The number of carboxylic acids is 1. The summed E-state index contributed by atoms with van der Waals surface area (Å²) in [6.07, 6.45) is 2.83. The molecule has 0 aliphatic rings. The van der Waals surface area contributed by atoms with Crippen molar-refractivity contribution in [3.05, 3.63) is 31.4 Å². The predicted octanol–water partition coefficient (Wildman–Crippen LogP) is 0.565. The Morgan fingerprint density at radius 2 is 2.20 bits per heavy atom. The molecule has 0 amide bonds. The van der Waals surface area contributed by atoms with Crippen molar-refractivity contribution in [1.29, 1.82) is 0 Å². The maximum atomic E-state index is 10.2. The van der Waals surface area contributed by atoms with Gasteiger partial charge in [-0.15, -0.1) is 13.2 Å². The highest BCUT2D eigenvalue weighted by Gasteiger charge is 2.11. The summed E-state index contributed by atoms with van der Waals surface area (Å²) in [5.41, 5.74) is 0. The van der Waals surface area contributed by atoms with Crippen LogP contribution in [0.1, 0.15) is 0 Å². The summed E-state index contributed by atoms with van der Waals surface area (Å²) in [5, 5.41) is 11.0. The number of nitrogens with one attached hydrogen (secondary N) is 1. The van der Waals surface area contributed by atoms with Crippen LogP contribution in [0.3, 0.4) is 0 Å². The first-order valence-electron chi connectivity index (χ1n) is 2.79. The molecule has 10 heavy (non-hydrogen) atoms. The van der Waals surface area contributed by atoms with Crippen LogP contribution in [0.5, 0.6) is 0 Å². The molecule has 0 aromatic heterocycles. The van der Waals surface area contributed by atoms with E-state index in [4.69, 9.17) is 5.11 Å². The second-order valence-corrected chi connectivity index (χ2v) is 1.59. The third-order valence-electron chi connectivity index (χ3n) is 0.871. The first kappa shape index (κ1) is 8.91. The third-order valence-corrected chi connectivity index (χ3v) is 0.871. The van der Waals surface area contributed by atoms with Gasteiger partial charge >= 0.3 is 5.97 Å². The van der Waals surface area contributed by atoms with Crippen molar-refractivity contribution < 1.29 is 9.90 Å². The second kappa shape index (κ2) is 4.76. The van der Waals surface area contributed by atoms with Crippen LogP contribution in [0.4, 0.5) is 0 Å². The lowest BCUT2D eigenvalue weighted by Gasteiger charge is -2.04. The van der Waals surface area contributed by atoms with Gasteiger partial charge in [0.2, 0.25) is 0 Å². The van der Waals surface area contributed by atoms with E-state index in [9.17, 15) is 4.79 Å². The zero-order chi connectivity index (χ0) is 7.98. The molecule has 0 heterocycles. The van der Waals surface area contributed by atoms with E-state index >= 15 is 0 Å². The minimum absolute atomic E-state index is 0.0971. The average molecular weight is 140 g/mol. The number of hydrogen-bond donors (Lipinski definition) is 2. The molecule has 0 aliphatic heterocycles. The fourth-order valence-corrected chi connectivity index (χ4v) is 0.417. The Kier molecular flexibility index (Phi) is 4.24. The number of aliphatic carboxylic acids is 1. The van der Waals surface area contributed by atoms with Crippen LogP contribution < -0.4 is 5.32 Å². The first-order valence-corrected chi connectivity index (χ1v) is 2.79. The lowest BCUT2D eigenvalue weighted by molar-refractivity contribution is -0.134. The zero-order valence-corrected chi connectivity index (χ0v) is 5.63. The average Bonchev–Trinajstić information content (AvgIpc) is 1.89. The fraction of sp³-hybridized carbons (Fsp3) is 0.143. The highest BCUT2D eigenvalue weighted by molar-refractivity contribution is 5.84. The molecule has 0 aliphatic carbocycles. The summed E-state index contributed by atoms with van der Waals surface area (Å²) in [5.74, 6) is -1.00. The Morgan fingerprint density at radius 1 is 1.60 bits per heavy atom. The molecule has 3 heteroatoms. The highest BCUT2D eigenvalue weighted by atomic mass is 16.4. The molecule has 0 unspecified atom stereocenters. The topological polar surface area (TPSA) is 49.3 Å². The third kappa shape index (κ3) is 3.04. The second-order valence-electron chi connectivity index (χ2n) is 1.59. The standard InChI is InChI=1S/C7H10NO2/c1-3-5-8-6(4-2)7(9)10/h3-4,8H,1-2,5H2,(H,9,10). The Hall–Kier alpha value is -1.09. The van der Waals surface area contributed by atoms with Gasteiger partial charge in [0.15, 0.2) is 6.04 Å². The van der Waals surface area contributed by atoms with Crippen LogP contribution in [0.15, 0.2) is 25.3 Å². The van der Waals surface area contributed by atoms with Gasteiger partial charge < -0.3 is 5.11 Å². The number of hydrogen-bond acceptors (Lipinski definition) is 2. The molecule has 0 bridgehead atoms. The highest BCUT2D eigenvalue weighted by Crippen LogP contribution is 1.93. The normalized spacial score (nSPS) is 9.30. The van der Waals surface area contributed by atoms with Crippen LogP contribution >= 0.6 is 0 Å². The molecule has 0 spiro atoms. The van der Waals surface area contributed by atoms with Crippen LogP contribution in [-0.2, 0) is 4.79 Å². The molecule has 2 N–H and O–H groups in total. The van der Waals surface area contributed by atoms with Gasteiger partial charge in [-0.25, -0.2) is 4.79 Å². The smallest absolute Gasteiger partial charge is 0.330 e. The van der Waals surface area contributed by atoms with Crippen molar-refractivity contribution in [1.82, 2.24) is 5.32 Å². The number of carbonyl (C=O) groups is 1. The summed E-state index contributed by atoms with van der Waals surface area (Å²) in [4.78, 5) is 10.2. The molecular formula is C7H10NO2. The predicted molar refractivity (Wildman–Crippen MR) is 39.3 cm³/mol. The van der Waals surface area contributed by atoms with Crippen molar-refractivity contribution in [2.75, 3.05) is 6.54 Å². The minimum Gasteiger partial charge on any atom is -0.480 e. The fourth-order valence-electron chi connectivity index (χ4n) is 0.417. The molecule has 0 fully saturated rings. The number of rotatable bonds is 5. The van der Waals surface area contributed by atoms with E-state index in [1.54, 1.807) is 6.08 Å². The molecule has 0 atom stereocenters. The summed E-state index contributed by atoms with van der Waals surface area (Å²) in [6.45, 7) is 7.18. The Morgan fingerprint density at radius 3 is 2.50 bits per heavy atom. The largest absolute Gasteiger partial charge is 0.480 e. The van der Waals surface area contributed by atoms with Crippen LogP contribution in [0.25, 0.3) is 0 Å². The molecule has 3 nitrogen and oxygen atoms in total. The summed E-state index contributed by atoms with van der Waals surface area (Å²) in [7, 11) is 0. The maximum absolute atomic E-state index is 10.2. The van der Waals surface area contributed by atoms with Crippen molar-refractivity contribution in [2.45, 2.75) is 0 Å². The maximum Gasteiger partial charge on any atom is 0.330 e. The lowest BCUT2D eigenvalue weighted by Crippen LogP contribution is -2.26. The summed E-state index contributed by atoms with van der Waals surface area (Å²) < 4.78 is 0. The van der Waals surface area contributed by atoms with Crippen LogP contribution in [0, 0.1) is 6.04 Å². The molecule has 0 saturated carbocycles. The van der Waals surface area contributed by atoms with E-state index in [2.05, 4.69) is 18.5 Å². The van der Waals surface area contributed by atoms with Crippen molar-refractivity contribution >= 4 is 5.97 Å². The van der Waals surface area contributed by atoms with Gasteiger partial charge in [0.1, 0.15) is 0 Å². The van der Waals surface area contributed by atoms with E-state index < -0.39 is 5.97 Å². The van der Waals surface area contributed by atoms with Gasteiger partial charge in [0.05, 0.1) is 0 Å². The monoisotopic (exact) mass is 140 g/mol. The van der Waals surface area contributed by atoms with E-state index in [1.807, 2.05) is 0 Å². The van der Waals surface area contributed by atoms with E-state index in [-0.39, 0.29) is 6.04 Å². The lowest BCUT2D eigenvalue weighted by atomic mass is 10.3. The van der Waals surface area contributed by atoms with Crippen molar-refractivity contribution in [2.24, 2.45) is 0 Å². The molecular weight excluding hydrogens is 130 g/mol. The Bertz CT molecular complexity index is 143. The molecule has 0 aromatic rings. The SMILES string of the molecule is C=CCN[C](C=C)C(=O)O. The summed E-state index contributed by atoms with van der Waals surface area (Å²) in [6, 6.07) is 0.0971. The van der Waals surface area contributed by atoms with Crippen molar-refractivity contribution in [3.8, 4) is 0 Å². The molecule has 55 valence electrons. The van der Waals surface area contributed by atoms with E-state index in [0.717, 1.165) is 0 Å². The number of carboxylic acid groups (broad SMARTS) is 1. The van der Waals surface area contributed by atoms with Gasteiger partial charge in [0, 0.05) is 6.54 Å². The van der Waals surface area contributed by atoms with Gasteiger partial charge in [-0.2, -0.15) is 0 Å². The van der Waals surface area contributed by atoms with E-state index in [0.29, 0.717) is 6.54 Å². The molecule has 0 aromatic carbocycles. The quantitative estimate of drug-likeness (QED) is 0.549. The molecule has 0 saturated heterocycles. The Balaban J connectivity index is 3.71. The van der Waals surface area contributed by atoms with E-state index in [1.165, 1.54) is 6.08 Å². The Labute approximate surface area is 60.1 Å². The zero-order valence-electron chi connectivity index (χ0n) is 5.63. The van der Waals surface area contributed by atoms with Gasteiger partial charge in [-0.05, 0) is 0 Å². The molecule has 0 rings (SSSR count). The van der Waals surface area contributed by atoms with Gasteiger partial charge in [0.25, 0.3) is 0 Å². The summed E-state index contributed by atoms with van der Waals surface area (Å²) >= 11 is 0. The van der Waals surface area contributed by atoms with Crippen molar-refractivity contribution in [3.63, 3.8) is 0 Å². The van der Waals surface area contributed by atoms with Gasteiger partial charge in [-0.3, -0.25) is 5.32 Å². The van der Waals surface area contributed by atoms with Crippen LogP contribution in [-0.4, -0.2) is 17.6 Å². The van der Waals surface area contributed by atoms with Gasteiger partial charge in [-0.1, -0.05) is 12.2 Å². The first-order chi connectivity index (χ1) is 4.72.